The van der Waals surface area contributed by atoms with Crippen LogP contribution in [0.15, 0.2) is 18.2 Å². The Hall–Kier alpha value is -3.29. The number of H-pyrrole nitrogens is 1. The van der Waals surface area contributed by atoms with Crippen molar-refractivity contribution in [3.05, 3.63) is 29.6 Å². The number of methoxy groups -OCH3 is 3. The normalized spacial score (nSPS) is 10.7. The van der Waals surface area contributed by atoms with Crippen molar-refractivity contribution in [1.82, 2.24) is 15.0 Å². The molecule has 2 aromatic heterocycles. The largest absolute Gasteiger partial charge is 0.493 e. The third-order valence-corrected chi connectivity index (χ3v) is 3.79. The fourth-order valence-electron chi connectivity index (χ4n) is 2.71. The molecule has 3 aromatic rings. The molecule has 2 heterocycles. The molecule has 1 aromatic carbocycles. The Balaban J connectivity index is 2.31. The third kappa shape index (κ3) is 2.71. The van der Waals surface area contributed by atoms with Gasteiger partial charge in [-0.2, -0.15) is 0 Å². The fraction of sp³-hybridized carbons (Fsp3) is 0.235. The summed E-state index contributed by atoms with van der Waals surface area (Å²) in [6.45, 7) is 1.74. The van der Waals surface area contributed by atoms with E-state index in [-0.39, 0.29) is 5.56 Å². The molecule has 8 heteroatoms. The average Bonchev–Trinajstić information content (AvgIpc) is 2.98. The Morgan fingerprint density at radius 1 is 1.08 bits per heavy atom. The molecule has 0 spiro atoms. The molecule has 130 valence electrons. The maximum absolute atomic E-state index is 11.6. The standard InChI is InChI=1S/C17H17N3O5/c1-8-18-13-10(17(21)22)7-11(20-16(13)19-8)9-5-6-12(23-2)15(25-4)14(9)24-3/h5-7H,1-4H3,(H,21,22)(H,18,19,20). The number of carbonyl (C=O) groups is 1. The second-order valence-electron chi connectivity index (χ2n) is 5.26. The van der Waals surface area contributed by atoms with E-state index in [1.54, 1.807) is 19.1 Å². The summed E-state index contributed by atoms with van der Waals surface area (Å²) in [5.74, 6) is 0.813. The van der Waals surface area contributed by atoms with Crippen LogP contribution in [0.3, 0.4) is 0 Å². The predicted octanol–water partition coefficient (Wildman–Crippen LogP) is 2.66. The highest BCUT2D eigenvalue weighted by atomic mass is 16.5. The molecule has 0 fully saturated rings. The summed E-state index contributed by atoms with van der Waals surface area (Å²) in [4.78, 5) is 23.3. The molecule has 0 unspecified atom stereocenters. The summed E-state index contributed by atoms with van der Waals surface area (Å²) < 4.78 is 16.1. The Labute approximate surface area is 143 Å². The van der Waals surface area contributed by atoms with Crippen LogP contribution in [0, 0.1) is 6.92 Å². The number of rotatable bonds is 5. The van der Waals surface area contributed by atoms with Gasteiger partial charge in [0.2, 0.25) is 5.75 Å². The highest BCUT2D eigenvalue weighted by molar-refractivity contribution is 6.01. The number of carboxylic acid groups (broad SMARTS) is 1. The van der Waals surface area contributed by atoms with Crippen molar-refractivity contribution in [1.29, 1.82) is 0 Å². The third-order valence-electron chi connectivity index (χ3n) is 3.79. The number of ether oxygens (including phenoxy) is 3. The molecular formula is C17H17N3O5. The van der Waals surface area contributed by atoms with Crippen LogP contribution in [0.1, 0.15) is 16.2 Å². The summed E-state index contributed by atoms with van der Waals surface area (Å²) in [6.07, 6.45) is 0. The van der Waals surface area contributed by atoms with Crippen molar-refractivity contribution in [2.24, 2.45) is 0 Å². The van der Waals surface area contributed by atoms with Gasteiger partial charge in [-0.25, -0.2) is 14.8 Å². The van der Waals surface area contributed by atoms with Gasteiger partial charge >= 0.3 is 5.97 Å². The molecule has 0 radical (unpaired) electrons. The molecule has 0 atom stereocenters. The number of aromatic amines is 1. The number of aromatic nitrogens is 3. The Morgan fingerprint density at radius 2 is 1.80 bits per heavy atom. The van der Waals surface area contributed by atoms with Crippen molar-refractivity contribution in [2.45, 2.75) is 6.92 Å². The first-order chi connectivity index (χ1) is 12.0. The number of hydrogen-bond acceptors (Lipinski definition) is 6. The zero-order valence-electron chi connectivity index (χ0n) is 14.2. The SMILES string of the molecule is COc1ccc(-c2cc(C(=O)O)c3[nH]c(C)nc3n2)c(OC)c1OC. The molecule has 0 bridgehead atoms. The van der Waals surface area contributed by atoms with Crippen molar-refractivity contribution in [2.75, 3.05) is 21.3 Å². The predicted molar refractivity (Wildman–Crippen MR) is 90.7 cm³/mol. The molecule has 0 saturated carbocycles. The minimum Gasteiger partial charge on any atom is -0.493 e. The first-order valence-corrected chi connectivity index (χ1v) is 7.40. The zero-order valence-corrected chi connectivity index (χ0v) is 14.2. The first-order valence-electron chi connectivity index (χ1n) is 7.40. The van der Waals surface area contributed by atoms with Gasteiger partial charge in [0, 0.05) is 5.56 Å². The number of aromatic carboxylic acids is 1. The van der Waals surface area contributed by atoms with E-state index in [0.717, 1.165) is 0 Å². The molecule has 8 nitrogen and oxygen atoms in total. The van der Waals surface area contributed by atoms with Crippen LogP contribution in [0.4, 0.5) is 0 Å². The van der Waals surface area contributed by atoms with Crippen molar-refractivity contribution in [3.63, 3.8) is 0 Å². The van der Waals surface area contributed by atoms with Crippen molar-refractivity contribution in [3.8, 4) is 28.5 Å². The molecule has 0 saturated heterocycles. The van der Waals surface area contributed by atoms with Crippen molar-refractivity contribution >= 4 is 17.1 Å². The second-order valence-corrected chi connectivity index (χ2v) is 5.26. The molecule has 25 heavy (non-hydrogen) atoms. The number of nitrogens with one attached hydrogen (secondary N) is 1. The molecule has 0 amide bonds. The quantitative estimate of drug-likeness (QED) is 0.733. The summed E-state index contributed by atoms with van der Waals surface area (Å²) >= 11 is 0. The second kappa shape index (κ2) is 6.31. The van der Waals surface area contributed by atoms with E-state index in [0.29, 0.717) is 45.5 Å². The van der Waals surface area contributed by atoms with Gasteiger partial charge in [-0.1, -0.05) is 0 Å². The lowest BCUT2D eigenvalue weighted by molar-refractivity contribution is 0.0699. The summed E-state index contributed by atoms with van der Waals surface area (Å²) in [5.41, 5.74) is 1.77. The van der Waals surface area contributed by atoms with E-state index in [9.17, 15) is 9.90 Å². The number of nitrogens with zero attached hydrogens (tertiary/aromatic N) is 2. The minimum absolute atomic E-state index is 0.0810. The number of pyridine rings is 1. The van der Waals surface area contributed by atoms with Gasteiger partial charge in [-0.15, -0.1) is 0 Å². The number of carboxylic acids is 1. The lowest BCUT2D eigenvalue weighted by atomic mass is 10.1. The molecule has 2 N–H and O–H groups in total. The van der Waals surface area contributed by atoms with E-state index in [1.807, 2.05) is 0 Å². The van der Waals surface area contributed by atoms with Crippen LogP contribution < -0.4 is 14.2 Å². The number of fused-ring (bicyclic) bond motifs is 1. The van der Waals surface area contributed by atoms with Gasteiger partial charge in [0.05, 0.1) is 38.1 Å². The lowest BCUT2D eigenvalue weighted by Gasteiger charge is -2.15. The first kappa shape index (κ1) is 16.6. The van der Waals surface area contributed by atoms with Gasteiger partial charge < -0.3 is 24.3 Å². The fourth-order valence-corrected chi connectivity index (χ4v) is 2.71. The van der Waals surface area contributed by atoms with Crippen LogP contribution in [0.25, 0.3) is 22.4 Å². The van der Waals surface area contributed by atoms with E-state index >= 15 is 0 Å². The van der Waals surface area contributed by atoms with E-state index in [1.165, 1.54) is 27.4 Å². The van der Waals surface area contributed by atoms with Gasteiger partial charge in [0.1, 0.15) is 5.82 Å². The number of hydrogen-bond donors (Lipinski definition) is 2. The monoisotopic (exact) mass is 343 g/mol. The smallest absolute Gasteiger partial charge is 0.338 e. The van der Waals surface area contributed by atoms with Crippen molar-refractivity contribution < 1.29 is 24.1 Å². The van der Waals surface area contributed by atoms with E-state index in [2.05, 4.69) is 15.0 Å². The lowest BCUT2D eigenvalue weighted by Crippen LogP contribution is -2.02. The molecular weight excluding hydrogens is 326 g/mol. The van der Waals surface area contributed by atoms with Gasteiger partial charge in [-0.3, -0.25) is 0 Å². The number of benzene rings is 1. The summed E-state index contributed by atoms with van der Waals surface area (Å²) in [5, 5.41) is 9.52. The summed E-state index contributed by atoms with van der Waals surface area (Å²) in [7, 11) is 4.52. The number of imidazole rings is 1. The molecule has 3 rings (SSSR count). The molecule has 0 aliphatic carbocycles. The molecule has 0 aliphatic heterocycles. The van der Waals surface area contributed by atoms with Crippen LogP contribution in [0.5, 0.6) is 17.2 Å². The molecule has 0 aliphatic rings. The Kier molecular flexibility index (Phi) is 4.18. The topological polar surface area (TPSA) is 107 Å². The highest BCUT2D eigenvalue weighted by Crippen LogP contribution is 2.44. The maximum Gasteiger partial charge on any atom is 0.338 e. The van der Waals surface area contributed by atoms with Gasteiger partial charge in [-0.05, 0) is 25.1 Å². The van der Waals surface area contributed by atoms with Gasteiger partial charge in [0.25, 0.3) is 0 Å². The van der Waals surface area contributed by atoms with Crippen LogP contribution >= 0.6 is 0 Å². The zero-order chi connectivity index (χ0) is 18.1. The number of aryl methyl sites for hydroxylation is 1. The highest BCUT2D eigenvalue weighted by Gasteiger charge is 2.21. The van der Waals surface area contributed by atoms with E-state index < -0.39 is 5.97 Å². The van der Waals surface area contributed by atoms with Crippen LogP contribution in [-0.2, 0) is 0 Å². The van der Waals surface area contributed by atoms with Crippen LogP contribution in [-0.4, -0.2) is 47.4 Å². The average molecular weight is 343 g/mol. The Bertz CT molecular complexity index is 965. The summed E-state index contributed by atoms with van der Waals surface area (Å²) in [6, 6.07) is 4.92. The minimum atomic E-state index is -1.07. The van der Waals surface area contributed by atoms with E-state index in [4.69, 9.17) is 14.2 Å². The Morgan fingerprint density at radius 3 is 2.40 bits per heavy atom. The van der Waals surface area contributed by atoms with Crippen LogP contribution in [0.2, 0.25) is 0 Å². The van der Waals surface area contributed by atoms with Gasteiger partial charge in [0.15, 0.2) is 17.1 Å². The maximum atomic E-state index is 11.6.